The Morgan fingerprint density at radius 1 is 1.24 bits per heavy atom. The summed E-state index contributed by atoms with van der Waals surface area (Å²) in [7, 11) is 0. The maximum absolute atomic E-state index is 11.7. The van der Waals surface area contributed by atoms with Crippen molar-refractivity contribution >= 4 is 35.2 Å². The first-order valence-electron chi connectivity index (χ1n) is 6.26. The third-order valence-corrected chi connectivity index (χ3v) is 3.43. The number of nitrogens with one attached hydrogen (secondary N) is 2. The molecule has 0 bridgehead atoms. The number of carbonyl (C=O) groups is 2. The number of aliphatic hydroxyl groups excluding tert-OH is 1. The summed E-state index contributed by atoms with van der Waals surface area (Å²) < 4.78 is 0. The normalized spacial score (nSPS) is 11.8. The van der Waals surface area contributed by atoms with Gasteiger partial charge >= 0.3 is 12.0 Å². The van der Waals surface area contributed by atoms with Crippen molar-refractivity contribution in [2.75, 3.05) is 13.2 Å². The summed E-state index contributed by atoms with van der Waals surface area (Å²) in [5.41, 5.74) is 0.701. The molecule has 0 heterocycles. The van der Waals surface area contributed by atoms with Crippen LogP contribution < -0.4 is 10.6 Å². The SMILES string of the molecule is O=C(O)CCNC(=O)NC(CCO)c1ccc(Cl)c(Cl)c1. The minimum Gasteiger partial charge on any atom is -0.481 e. The van der Waals surface area contributed by atoms with E-state index in [1.165, 1.54) is 0 Å². The number of amides is 2. The molecule has 8 heteroatoms. The lowest BCUT2D eigenvalue weighted by atomic mass is 10.0. The molecule has 116 valence electrons. The molecular formula is C13H16Cl2N2O4. The Labute approximate surface area is 132 Å². The van der Waals surface area contributed by atoms with Gasteiger partial charge in [0.15, 0.2) is 0 Å². The van der Waals surface area contributed by atoms with Crippen molar-refractivity contribution in [3.05, 3.63) is 33.8 Å². The summed E-state index contributed by atoms with van der Waals surface area (Å²) in [5, 5.41) is 23.4. The maximum Gasteiger partial charge on any atom is 0.315 e. The zero-order chi connectivity index (χ0) is 15.8. The average molecular weight is 335 g/mol. The number of urea groups is 1. The van der Waals surface area contributed by atoms with Crippen LogP contribution in [0.2, 0.25) is 10.0 Å². The van der Waals surface area contributed by atoms with Crippen molar-refractivity contribution in [3.63, 3.8) is 0 Å². The highest BCUT2D eigenvalue weighted by atomic mass is 35.5. The lowest BCUT2D eigenvalue weighted by Crippen LogP contribution is -2.39. The van der Waals surface area contributed by atoms with Gasteiger partial charge in [0.25, 0.3) is 0 Å². The van der Waals surface area contributed by atoms with Crippen molar-refractivity contribution in [2.45, 2.75) is 18.9 Å². The highest BCUT2D eigenvalue weighted by Gasteiger charge is 2.15. The van der Waals surface area contributed by atoms with E-state index in [-0.39, 0.29) is 19.6 Å². The Bertz CT molecular complexity index is 511. The van der Waals surface area contributed by atoms with Crippen molar-refractivity contribution < 1.29 is 19.8 Å². The van der Waals surface area contributed by atoms with Gasteiger partial charge in [0.05, 0.1) is 22.5 Å². The van der Waals surface area contributed by atoms with Crippen LogP contribution in [-0.4, -0.2) is 35.4 Å². The van der Waals surface area contributed by atoms with Gasteiger partial charge in [-0.15, -0.1) is 0 Å². The topological polar surface area (TPSA) is 98.7 Å². The van der Waals surface area contributed by atoms with E-state index in [4.69, 9.17) is 33.4 Å². The second-order valence-electron chi connectivity index (χ2n) is 4.28. The van der Waals surface area contributed by atoms with E-state index >= 15 is 0 Å². The molecule has 4 N–H and O–H groups in total. The molecule has 6 nitrogen and oxygen atoms in total. The van der Waals surface area contributed by atoms with E-state index in [0.717, 1.165) is 0 Å². The Kier molecular flexibility index (Phi) is 7.28. The molecule has 21 heavy (non-hydrogen) atoms. The first-order chi connectivity index (χ1) is 9.93. The number of benzene rings is 1. The highest BCUT2D eigenvalue weighted by molar-refractivity contribution is 6.42. The van der Waals surface area contributed by atoms with E-state index in [1.54, 1.807) is 18.2 Å². The van der Waals surface area contributed by atoms with Gasteiger partial charge in [-0.05, 0) is 24.1 Å². The van der Waals surface area contributed by atoms with Gasteiger partial charge in [-0.25, -0.2) is 4.79 Å². The Balaban J connectivity index is 2.66. The van der Waals surface area contributed by atoms with Gasteiger partial charge in [-0.1, -0.05) is 29.3 Å². The molecule has 0 aromatic heterocycles. The van der Waals surface area contributed by atoms with Gasteiger partial charge in [-0.3, -0.25) is 4.79 Å². The fraction of sp³-hybridized carbons (Fsp3) is 0.385. The molecule has 1 aromatic rings. The quantitative estimate of drug-likeness (QED) is 0.614. The summed E-state index contributed by atoms with van der Waals surface area (Å²) in [6, 6.07) is 3.96. The number of hydrogen-bond donors (Lipinski definition) is 4. The molecule has 0 aliphatic rings. The van der Waals surface area contributed by atoms with Crippen molar-refractivity contribution in [3.8, 4) is 0 Å². The lowest BCUT2D eigenvalue weighted by molar-refractivity contribution is -0.136. The summed E-state index contributed by atoms with van der Waals surface area (Å²) in [6.45, 7) is -0.102. The fourth-order valence-electron chi connectivity index (χ4n) is 1.67. The van der Waals surface area contributed by atoms with Crippen LogP contribution in [0.3, 0.4) is 0 Å². The van der Waals surface area contributed by atoms with Gasteiger partial charge < -0.3 is 20.8 Å². The highest BCUT2D eigenvalue weighted by Crippen LogP contribution is 2.26. The Hall–Kier alpha value is -1.50. The van der Waals surface area contributed by atoms with Gasteiger partial charge in [0, 0.05) is 13.2 Å². The number of aliphatic hydroxyl groups is 1. The van der Waals surface area contributed by atoms with Crippen LogP contribution in [0.25, 0.3) is 0 Å². The molecule has 0 spiro atoms. The zero-order valence-corrected chi connectivity index (χ0v) is 12.6. The van der Waals surface area contributed by atoms with Gasteiger partial charge in [-0.2, -0.15) is 0 Å². The summed E-state index contributed by atoms with van der Waals surface area (Å²) >= 11 is 11.8. The number of hydrogen-bond acceptors (Lipinski definition) is 3. The van der Waals surface area contributed by atoms with Crippen LogP contribution in [0.15, 0.2) is 18.2 Å². The fourth-order valence-corrected chi connectivity index (χ4v) is 1.98. The van der Waals surface area contributed by atoms with Crippen molar-refractivity contribution in [1.82, 2.24) is 10.6 Å². The Morgan fingerprint density at radius 2 is 1.95 bits per heavy atom. The van der Waals surface area contributed by atoms with E-state index < -0.39 is 18.0 Å². The number of aliphatic carboxylic acids is 1. The smallest absolute Gasteiger partial charge is 0.315 e. The molecule has 1 rings (SSSR count). The van der Waals surface area contributed by atoms with E-state index in [0.29, 0.717) is 22.0 Å². The number of carboxylic acid groups (broad SMARTS) is 1. The summed E-state index contributed by atoms with van der Waals surface area (Å²) in [6.07, 6.45) is 0.134. The molecule has 1 aromatic carbocycles. The van der Waals surface area contributed by atoms with E-state index in [9.17, 15) is 9.59 Å². The average Bonchev–Trinajstić information content (AvgIpc) is 2.41. The van der Waals surface area contributed by atoms with Crippen LogP contribution >= 0.6 is 23.2 Å². The molecule has 0 saturated heterocycles. The molecule has 1 unspecified atom stereocenters. The van der Waals surface area contributed by atoms with E-state index in [1.807, 2.05) is 0 Å². The van der Waals surface area contributed by atoms with Crippen LogP contribution in [0, 0.1) is 0 Å². The predicted octanol–water partition coefficient (Wildman–Crippen LogP) is 2.19. The number of halogens is 2. The Morgan fingerprint density at radius 3 is 2.52 bits per heavy atom. The molecule has 1 atom stereocenters. The van der Waals surface area contributed by atoms with Crippen molar-refractivity contribution in [1.29, 1.82) is 0 Å². The first kappa shape index (κ1) is 17.6. The van der Waals surface area contributed by atoms with Gasteiger partial charge in [0.2, 0.25) is 0 Å². The molecule has 0 saturated carbocycles. The second-order valence-corrected chi connectivity index (χ2v) is 5.10. The zero-order valence-electron chi connectivity index (χ0n) is 11.1. The first-order valence-corrected chi connectivity index (χ1v) is 7.01. The molecule has 0 radical (unpaired) electrons. The standard InChI is InChI=1S/C13H16Cl2N2O4/c14-9-2-1-8(7-10(9)15)11(4-6-18)17-13(21)16-5-3-12(19)20/h1-2,7,11,18H,3-6H2,(H,19,20)(H2,16,17,21). The van der Waals surface area contributed by atoms with Crippen molar-refractivity contribution in [2.24, 2.45) is 0 Å². The van der Waals surface area contributed by atoms with Gasteiger partial charge in [0.1, 0.15) is 0 Å². The lowest BCUT2D eigenvalue weighted by Gasteiger charge is -2.19. The maximum atomic E-state index is 11.7. The summed E-state index contributed by atoms with van der Waals surface area (Å²) in [5.74, 6) is -0.994. The minimum atomic E-state index is -0.994. The van der Waals surface area contributed by atoms with E-state index in [2.05, 4.69) is 10.6 Å². The van der Waals surface area contributed by atoms with Crippen LogP contribution in [0.1, 0.15) is 24.4 Å². The third-order valence-electron chi connectivity index (χ3n) is 2.69. The largest absolute Gasteiger partial charge is 0.481 e. The minimum absolute atomic E-state index is 0.0222. The predicted molar refractivity (Wildman–Crippen MR) is 79.7 cm³/mol. The number of carbonyl (C=O) groups excluding carboxylic acids is 1. The molecule has 0 aliphatic heterocycles. The molecule has 0 aliphatic carbocycles. The monoisotopic (exact) mass is 334 g/mol. The molecule has 2 amide bonds. The molecular weight excluding hydrogens is 319 g/mol. The van der Waals surface area contributed by atoms with Crippen LogP contribution in [-0.2, 0) is 4.79 Å². The van der Waals surface area contributed by atoms with Crippen LogP contribution in [0.4, 0.5) is 4.79 Å². The second kappa shape index (κ2) is 8.71. The number of carboxylic acids is 1. The number of rotatable bonds is 7. The molecule has 0 fully saturated rings. The van der Waals surface area contributed by atoms with Crippen LogP contribution in [0.5, 0.6) is 0 Å². The third kappa shape index (κ3) is 6.20. The summed E-state index contributed by atoms with van der Waals surface area (Å²) in [4.78, 5) is 22.0.